The summed E-state index contributed by atoms with van der Waals surface area (Å²) in [6, 6.07) is 4.31. The number of rotatable bonds is 3. The molecule has 0 amide bonds. The summed E-state index contributed by atoms with van der Waals surface area (Å²) in [6.45, 7) is 11.0. The highest BCUT2D eigenvalue weighted by Crippen LogP contribution is 2.29. The molecule has 1 aromatic carbocycles. The van der Waals surface area contributed by atoms with Crippen LogP contribution in [0, 0.1) is 13.8 Å². The minimum atomic E-state index is -0.547. The van der Waals surface area contributed by atoms with Gasteiger partial charge in [-0.15, -0.1) is 0 Å². The summed E-state index contributed by atoms with van der Waals surface area (Å²) in [5, 5.41) is 10.0. The van der Waals surface area contributed by atoms with Crippen LogP contribution in [0.25, 0.3) is 0 Å². The zero-order chi connectivity index (χ0) is 13.2. The van der Waals surface area contributed by atoms with Crippen LogP contribution in [-0.4, -0.2) is 11.7 Å². The zero-order valence-electron chi connectivity index (χ0n) is 11.5. The molecule has 0 heterocycles. The predicted molar refractivity (Wildman–Crippen MR) is 71.8 cm³/mol. The van der Waals surface area contributed by atoms with Crippen molar-refractivity contribution in [2.24, 2.45) is 5.84 Å². The van der Waals surface area contributed by atoms with Gasteiger partial charge in [-0.1, -0.05) is 32.9 Å². The molecule has 4 N–H and O–H groups in total. The fraction of sp³-hybridized carbons (Fsp3) is 0.571. The molecule has 1 atom stereocenters. The smallest absolute Gasteiger partial charge is 0.0933 e. The Morgan fingerprint density at radius 2 is 1.71 bits per heavy atom. The van der Waals surface area contributed by atoms with Gasteiger partial charge >= 0.3 is 0 Å². The van der Waals surface area contributed by atoms with Gasteiger partial charge < -0.3 is 5.11 Å². The highest BCUT2D eigenvalue weighted by molar-refractivity contribution is 5.41. The lowest BCUT2D eigenvalue weighted by atomic mass is 9.83. The molecule has 1 unspecified atom stereocenters. The van der Waals surface area contributed by atoms with Crippen molar-refractivity contribution in [1.82, 2.24) is 5.43 Å². The van der Waals surface area contributed by atoms with Gasteiger partial charge in [-0.25, -0.2) is 0 Å². The molecule has 0 fully saturated rings. The van der Waals surface area contributed by atoms with E-state index in [4.69, 9.17) is 5.84 Å². The molecule has 0 aromatic heterocycles. The Balaban J connectivity index is 3.20. The quantitative estimate of drug-likeness (QED) is 0.556. The summed E-state index contributed by atoms with van der Waals surface area (Å²) in [5.41, 5.74) is 7.17. The topological polar surface area (TPSA) is 58.3 Å². The van der Waals surface area contributed by atoms with Gasteiger partial charge in [0.15, 0.2) is 0 Å². The monoisotopic (exact) mass is 236 g/mol. The molecular weight excluding hydrogens is 212 g/mol. The van der Waals surface area contributed by atoms with Crippen molar-refractivity contribution in [3.63, 3.8) is 0 Å². The normalized spacial score (nSPS) is 13.8. The number of benzene rings is 1. The average Bonchev–Trinajstić information content (AvgIpc) is 2.15. The van der Waals surface area contributed by atoms with Gasteiger partial charge in [-0.2, -0.15) is 0 Å². The fourth-order valence-electron chi connectivity index (χ4n) is 2.15. The van der Waals surface area contributed by atoms with E-state index in [0.29, 0.717) is 6.54 Å². The van der Waals surface area contributed by atoms with Gasteiger partial charge in [-0.05, 0) is 41.5 Å². The van der Waals surface area contributed by atoms with Crippen LogP contribution in [-0.2, 0) is 5.41 Å². The summed E-state index contributed by atoms with van der Waals surface area (Å²) in [4.78, 5) is 0. The third kappa shape index (κ3) is 3.28. The molecular formula is C14H24N2O. The maximum atomic E-state index is 10.0. The third-order valence-corrected chi connectivity index (χ3v) is 3.10. The number of hydrogen-bond donors (Lipinski definition) is 3. The number of aliphatic hydroxyl groups excluding tert-OH is 1. The van der Waals surface area contributed by atoms with Crippen LogP contribution in [0.1, 0.15) is 49.1 Å². The SMILES string of the molecule is Cc1cc(C(C)(C)C)cc(C)c1C(O)CNN. The first kappa shape index (κ1) is 14.2. The number of hydrazine groups is 1. The lowest BCUT2D eigenvalue weighted by Gasteiger charge is -2.24. The molecule has 3 heteroatoms. The molecule has 17 heavy (non-hydrogen) atoms. The van der Waals surface area contributed by atoms with Gasteiger partial charge in [0.1, 0.15) is 0 Å². The second kappa shape index (κ2) is 5.17. The first-order valence-corrected chi connectivity index (χ1v) is 6.00. The van der Waals surface area contributed by atoms with Gasteiger partial charge in [0, 0.05) is 6.54 Å². The number of nitrogens with one attached hydrogen (secondary N) is 1. The molecule has 96 valence electrons. The molecule has 0 aliphatic rings. The number of aliphatic hydroxyl groups is 1. The van der Waals surface area contributed by atoms with Gasteiger partial charge in [0.2, 0.25) is 0 Å². The van der Waals surface area contributed by atoms with E-state index in [1.165, 1.54) is 5.56 Å². The minimum absolute atomic E-state index is 0.130. The second-order valence-corrected chi connectivity index (χ2v) is 5.70. The molecule has 0 aliphatic heterocycles. The van der Waals surface area contributed by atoms with Crippen LogP contribution >= 0.6 is 0 Å². The van der Waals surface area contributed by atoms with E-state index >= 15 is 0 Å². The Morgan fingerprint density at radius 1 is 1.24 bits per heavy atom. The van der Waals surface area contributed by atoms with E-state index < -0.39 is 6.10 Å². The second-order valence-electron chi connectivity index (χ2n) is 5.70. The zero-order valence-corrected chi connectivity index (χ0v) is 11.5. The first-order valence-electron chi connectivity index (χ1n) is 6.00. The van der Waals surface area contributed by atoms with E-state index in [9.17, 15) is 5.11 Å². The average molecular weight is 236 g/mol. The van der Waals surface area contributed by atoms with E-state index in [1.54, 1.807) is 0 Å². The standard InChI is InChI=1S/C14H24N2O/c1-9-6-11(14(3,4)5)7-10(2)13(9)12(17)8-16-15/h6-7,12,16-17H,8,15H2,1-5H3. The molecule has 0 saturated carbocycles. The Kier molecular flexibility index (Phi) is 4.31. The van der Waals surface area contributed by atoms with Gasteiger partial charge in [0.05, 0.1) is 6.10 Å². The molecule has 0 spiro atoms. The number of aryl methyl sites for hydroxylation is 2. The Labute approximate surface area is 104 Å². The Morgan fingerprint density at radius 3 is 2.06 bits per heavy atom. The van der Waals surface area contributed by atoms with Crippen molar-refractivity contribution in [3.05, 3.63) is 34.4 Å². The third-order valence-electron chi connectivity index (χ3n) is 3.10. The van der Waals surface area contributed by atoms with Crippen molar-refractivity contribution in [1.29, 1.82) is 0 Å². The van der Waals surface area contributed by atoms with Crippen LogP contribution in [0.2, 0.25) is 0 Å². The summed E-state index contributed by atoms with van der Waals surface area (Å²) in [6.07, 6.45) is -0.547. The Hall–Kier alpha value is -0.900. The lowest BCUT2D eigenvalue weighted by molar-refractivity contribution is 0.174. The highest BCUT2D eigenvalue weighted by Gasteiger charge is 2.19. The maximum Gasteiger partial charge on any atom is 0.0933 e. The van der Waals surface area contributed by atoms with E-state index in [1.807, 2.05) is 13.8 Å². The van der Waals surface area contributed by atoms with Crippen LogP contribution in [0.15, 0.2) is 12.1 Å². The molecule has 3 nitrogen and oxygen atoms in total. The van der Waals surface area contributed by atoms with Gasteiger partial charge in [-0.3, -0.25) is 11.3 Å². The van der Waals surface area contributed by atoms with Crippen molar-refractivity contribution in [3.8, 4) is 0 Å². The number of hydrogen-bond acceptors (Lipinski definition) is 3. The molecule has 0 bridgehead atoms. The maximum absolute atomic E-state index is 10.0. The summed E-state index contributed by atoms with van der Waals surface area (Å²) in [7, 11) is 0. The largest absolute Gasteiger partial charge is 0.387 e. The molecule has 0 aliphatic carbocycles. The summed E-state index contributed by atoms with van der Waals surface area (Å²) < 4.78 is 0. The minimum Gasteiger partial charge on any atom is -0.387 e. The van der Waals surface area contributed by atoms with Crippen molar-refractivity contribution < 1.29 is 5.11 Å². The molecule has 0 saturated heterocycles. The molecule has 1 aromatic rings. The van der Waals surface area contributed by atoms with Crippen molar-refractivity contribution >= 4 is 0 Å². The predicted octanol–water partition coefficient (Wildman–Crippen LogP) is 2.10. The van der Waals surface area contributed by atoms with Crippen LogP contribution in [0.3, 0.4) is 0 Å². The van der Waals surface area contributed by atoms with E-state index in [-0.39, 0.29) is 5.41 Å². The molecule has 0 radical (unpaired) electrons. The highest BCUT2D eigenvalue weighted by atomic mass is 16.3. The van der Waals surface area contributed by atoms with Gasteiger partial charge in [0.25, 0.3) is 0 Å². The first-order chi connectivity index (χ1) is 7.77. The van der Waals surface area contributed by atoms with E-state index in [0.717, 1.165) is 16.7 Å². The van der Waals surface area contributed by atoms with Crippen molar-refractivity contribution in [2.45, 2.75) is 46.1 Å². The van der Waals surface area contributed by atoms with E-state index in [2.05, 4.69) is 38.3 Å². The Bertz CT molecular complexity index is 371. The lowest BCUT2D eigenvalue weighted by Crippen LogP contribution is -2.28. The van der Waals surface area contributed by atoms with Crippen LogP contribution < -0.4 is 11.3 Å². The number of nitrogens with two attached hydrogens (primary N) is 1. The summed E-state index contributed by atoms with van der Waals surface area (Å²) in [5.74, 6) is 5.26. The fourth-order valence-corrected chi connectivity index (χ4v) is 2.15. The van der Waals surface area contributed by atoms with Crippen molar-refractivity contribution in [2.75, 3.05) is 6.54 Å². The van der Waals surface area contributed by atoms with Crippen LogP contribution in [0.5, 0.6) is 0 Å². The van der Waals surface area contributed by atoms with Crippen LogP contribution in [0.4, 0.5) is 0 Å². The molecule has 1 rings (SSSR count). The summed E-state index contributed by atoms with van der Waals surface area (Å²) >= 11 is 0.